The van der Waals surface area contributed by atoms with E-state index in [1.54, 1.807) is 23.5 Å². The van der Waals surface area contributed by atoms with Crippen molar-refractivity contribution in [1.29, 1.82) is 0 Å². The van der Waals surface area contributed by atoms with Gasteiger partial charge in [0.2, 0.25) is 16.0 Å². The third kappa shape index (κ3) is 4.76. The molecule has 1 N–H and O–H groups in total. The Labute approximate surface area is 204 Å². The van der Waals surface area contributed by atoms with Crippen LogP contribution in [0.15, 0.2) is 24.3 Å². The summed E-state index contributed by atoms with van der Waals surface area (Å²) < 4.78 is 15.3. The van der Waals surface area contributed by atoms with Crippen LogP contribution >= 0.6 is 11.3 Å². The zero-order chi connectivity index (χ0) is 23.9. The van der Waals surface area contributed by atoms with E-state index in [1.165, 1.54) is 31.4 Å². The Morgan fingerprint density at radius 2 is 1.74 bits per heavy atom. The van der Waals surface area contributed by atoms with Crippen LogP contribution in [0.3, 0.4) is 0 Å². The first-order chi connectivity index (χ1) is 16.3. The van der Waals surface area contributed by atoms with Crippen LogP contribution in [-0.2, 0) is 4.79 Å². The largest absolute Gasteiger partial charge is 0.364 e. The lowest BCUT2D eigenvalue weighted by Gasteiger charge is -2.36. The zero-order valence-electron chi connectivity index (χ0n) is 20.2. The highest BCUT2D eigenvalue weighted by molar-refractivity contribution is 7.20. The van der Waals surface area contributed by atoms with Crippen molar-refractivity contribution in [2.75, 3.05) is 36.4 Å². The zero-order valence-corrected chi connectivity index (χ0v) is 21.0. The van der Waals surface area contributed by atoms with Crippen LogP contribution in [0.2, 0.25) is 0 Å². The Morgan fingerprint density at radius 3 is 2.38 bits per heavy atom. The summed E-state index contributed by atoms with van der Waals surface area (Å²) in [6.45, 7) is 9.32. The Kier molecular flexibility index (Phi) is 6.22. The first-order valence-corrected chi connectivity index (χ1v) is 13.1. The molecule has 9 heteroatoms. The first kappa shape index (κ1) is 23.1. The van der Waals surface area contributed by atoms with Gasteiger partial charge >= 0.3 is 0 Å². The second kappa shape index (κ2) is 9.17. The summed E-state index contributed by atoms with van der Waals surface area (Å²) in [6.07, 6.45) is 5.71. The Hall–Kier alpha value is -2.68. The molecular formula is C25H33FN6OS. The lowest BCUT2D eigenvalue weighted by Crippen LogP contribution is -2.50. The van der Waals surface area contributed by atoms with Crippen molar-refractivity contribution in [3.05, 3.63) is 30.1 Å². The molecule has 1 aromatic carbocycles. The lowest BCUT2D eigenvalue weighted by atomic mass is 9.88. The van der Waals surface area contributed by atoms with Crippen molar-refractivity contribution in [3.63, 3.8) is 0 Å². The van der Waals surface area contributed by atoms with Gasteiger partial charge in [-0.2, -0.15) is 4.52 Å². The van der Waals surface area contributed by atoms with Crippen LogP contribution in [-0.4, -0.2) is 57.1 Å². The van der Waals surface area contributed by atoms with Crippen molar-refractivity contribution >= 4 is 33.2 Å². The monoisotopic (exact) mass is 484 g/mol. The van der Waals surface area contributed by atoms with Crippen molar-refractivity contribution in [3.8, 4) is 11.3 Å². The average molecular weight is 485 g/mol. The Bertz CT molecular complexity index is 1150. The molecule has 1 aliphatic carbocycles. The second-order valence-electron chi connectivity index (χ2n) is 10.4. The molecule has 3 aromatic rings. The molecule has 1 aliphatic heterocycles. The van der Waals surface area contributed by atoms with Gasteiger partial charge < -0.3 is 15.1 Å². The average Bonchev–Trinajstić information content (AvgIpc) is 3.38. The Balaban J connectivity index is 1.36. The minimum Gasteiger partial charge on any atom is -0.364 e. The number of aromatic nitrogens is 3. The molecule has 34 heavy (non-hydrogen) atoms. The Morgan fingerprint density at radius 1 is 1.06 bits per heavy atom. The predicted molar refractivity (Wildman–Crippen MR) is 135 cm³/mol. The fourth-order valence-electron chi connectivity index (χ4n) is 4.87. The van der Waals surface area contributed by atoms with Gasteiger partial charge in [0.1, 0.15) is 11.5 Å². The number of fused-ring (bicyclic) bond motifs is 1. The molecule has 0 unspecified atom stereocenters. The molecular weight excluding hydrogens is 451 g/mol. The normalized spacial score (nSPS) is 18.0. The van der Waals surface area contributed by atoms with E-state index in [0.717, 1.165) is 66.2 Å². The number of nitrogens with one attached hydrogen (secondary N) is 1. The fourth-order valence-corrected chi connectivity index (χ4v) is 5.82. The fraction of sp³-hybridized carbons (Fsp3) is 0.560. The van der Waals surface area contributed by atoms with Crippen LogP contribution in [0.1, 0.15) is 52.9 Å². The standard InChI is InChI=1S/C25H33FN6OS/c1-25(2,3)28-21-20(17-9-11-19(26)12-10-17)27-23-32(21)29-24(34-23)31-15-13-30(14-16-31)22(33)18-7-5-4-6-8-18/h9-12,18,28H,4-8,13-16H2,1-3H3. The minimum atomic E-state index is -0.267. The number of hydrogen-bond acceptors (Lipinski definition) is 6. The molecule has 0 atom stereocenters. The quantitative estimate of drug-likeness (QED) is 0.562. The van der Waals surface area contributed by atoms with Gasteiger partial charge in [-0.3, -0.25) is 4.79 Å². The van der Waals surface area contributed by atoms with Crippen LogP contribution in [0.5, 0.6) is 0 Å². The van der Waals surface area contributed by atoms with Crippen LogP contribution in [0.4, 0.5) is 15.3 Å². The SMILES string of the molecule is CC(C)(C)Nc1c(-c2ccc(F)cc2)nc2sc(N3CCN(C(=O)C4CCCCC4)CC3)nn12. The summed E-state index contributed by atoms with van der Waals surface area (Å²) in [6, 6.07) is 6.41. The van der Waals surface area contributed by atoms with Crippen molar-refractivity contribution < 1.29 is 9.18 Å². The number of hydrogen-bond donors (Lipinski definition) is 1. The van der Waals surface area contributed by atoms with Crippen molar-refractivity contribution in [1.82, 2.24) is 19.5 Å². The van der Waals surface area contributed by atoms with E-state index in [2.05, 4.69) is 31.0 Å². The molecule has 5 rings (SSSR count). The smallest absolute Gasteiger partial charge is 0.225 e. The molecule has 182 valence electrons. The minimum absolute atomic E-state index is 0.195. The number of anilines is 2. The van der Waals surface area contributed by atoms with Crippen LogP contribution in [0, 0.1) is 11.7 Å². The maximum absolute atomic E-state index is 13.5. The van der Waals surface area contributed by atoms with Gasteiger partial charge in [-0.25, -0.2) is 9.37 Å². The van der Waals surface area contributed by atoms with Gasteiger partial charge in [-0.1, -0.05) is 30.6 Å². The highest BCUT2D eigenvalue weighted by atomic mass is 32.1. The summed E-state index contributed by atoms with van der Waals surface area (Å²) in [5.74, 6) is 1.10. The highest BCUT2D eigenvalue weighted by Gasteiger charge is 2.30. The maximum atomic E-state index is 13.5. The molecule has 1 saturated carbocycles. The molecule has 3 heterocycles. The summed E-state index contributed by atoms with van der Waals surface area (Å²) in [7, 11) is 0. The molecule has 2 aliphatic rings. The van der Waals surface area contributed by atoms with Crippen molar-refractivity contribution in [2.24, 2.45) is 5.92 Å². The number of benzene rings is 1. The summed E-state index contributed by atoms with van der Waals surface area (Å²) in [5, 5.41) is 9.35. The van der Waals surface area contributed by atoms with E-state index in [9.17, 15) is 9.18 Å². The lowest BCUT2D eigenvalue weighted by molar-refractivity contribution is -0.136. The number of carbonyl (C=O) groups is 1. The van der Waals surface area contributed by atoms with Crippen molar-refractivity contribution in [2.45, 2.75) is 58.4 Å². The number of imidazole rings is 1. The van der Waals surface area contributed by atoms with Crippen LogP contribution < -0.4 is 10.2 Å². The maximum Gasteiger partial charge on any atom is 0.225 e. The van der Waals surface area contributed by atoms with Gasteiger partial charge in [0.15, 0.2) is 5.82 Å². The van der Waals surface area contributed by atoms with Gasteiger partial charge in [0, 0.05) is 43.2 Å². The van der Waals surface area contributed by atoms with E-state index < -0.39 is 0 Å². The first-order valence-electron chi connectivity index (χ1n) is 12.3. The molecule has 1 amide bonds. The summed E-state index contributed by atoms with van der Waals surface area (Å²) in [4.78, 5) is 22.9. The van der Waals surface area contributed by atoms with E-state index in [4.69, 9.17) is 10.1 Å². The number of piperazine rings is 1. The van der Waals surface area contributed by atoms with E-state index in [-0.39, 0.29) is 17.3 Å². The van der Waals surface area contributed by atoms with Gasteiger partial charge in [0.25, 0.3) is 0 Å². The van der Waals surface area contributed by atoms with Crippen LogP contribution in [0.25, 0.3) is 16.2 Å². The third-order valence-corrected chi connectivity index (χ3v) is 7.59. The van der Waals surface area contributed by atoms with E-state index in [0.29, 0.717) is 5.91 Å². The van der Waals surface area contributed by atoms with E-state index >= 15 is 0 Å². The topological polar surface area (TPSA) is 65.8 Å². The number of rotatable bonds is 4. The number of halogens is 1. The molecule has 0 bridgehead atoms. The van der Waals surface area contributed by atoms with Gasteiger partial charge in [-0.05, 0) is 57.9 Å². The highest BCUT2D eigenvalue weighted by Crippen LogP contribution is 2.35. The molecule has 2 aromatic heterocycles. The number of amides is 1. The number of nitrogens with zero attached hydrogens (tertiary/aromatic N) is 5. The summed E-state index contributed by atoms with van der Waals surface area (Å²) >= 11 is 1.55. The molecule has 2 fully saturated rings. The molecule has 0 radical (unpaired) electrons. The second-order valence-corrected chi connectivity index (χ2v) is 11.4. The molecule has 7 nitrogen and oxygen atoms in total. The van der Waals surface area contributed by atoms with Gasteiger partial charge in [0.05, 0.1) is 0 Å². The third-order valence-electron chi connectivity index (χ3n) is 6.62. The van der Waals surface area contributed by atoms with E-state index in [1.807, 2.05) is 9.42 Å². The molecule has 0 spiro atoms. The predicted octanol–water partition coefficient (Wildman–Crippen LogP) is 5.04. The summed E-state index contributed by atoms with van der Waals surface area (Å²) in [5.41, 5.74) is 1.42. The number of carbonyl (C=O) groups excluding carboxylic acids is 1. The van der Waals surface area contributed by atoms with Gasteiger partial charge in [-0.15, -0.1) is 5.10 Å². The molecule has 1 saturated heterocycles.